The number of amides is 2. The zero-order valence-corrected chi connectivity index (χ0v) is 15.5. The van der Waals surface area contributed by atoms with Gasteiger partial charge in [0.25, 0.3) is 0 Å². The van der Waals surface area contributed by atoms with E-state index in [1.165, 1.54) is 0 Å². The van der Waals surface area contributed by atoms with E-state index >= 15 is 0 Å². The monoisotopic (exact) mass is 370 g/mol. The van der Waals surface area contributed by atoms with Gasteiger partial charge in [-0.2, -0.15) is 0 Å². The number of ether oxygens (including phenoxy) is 1. The van der Waals surface area contributed by atoms with E-state index in [0.717, 1.165) is 15.5 Å². The summed E-state index contributed by atoms with van der Waals surface area (Å²) in [6.07, 6.45) is 0.254. The molecule has 1 heterocycles. The molecule has 2 aromatic carbocycles. The van der Waals surface area contributed by atoms with Crippen molar-refractivity contribution in [2.75, 3.05) is 32.1 Å². The maximum Gasteiger partial charge on any atom is 0.229 e. The van der Waals surface area contributed by atoms with E-state index in [-0.39, 0.29) is 24.2 Å². The van der Waals surface area contributed by atoms with E-state index in [4.69, 9.17) is 4.74 Å². The highest BCUT2D eigenvalue weighted by atomic mass is 32.2. The summed E-state index contributed by atoms with van der Waals surface area (Å²) in [6, 6.07) is 17.7. The second-order valence-electron chi connectivity index (χ2n) is 6.13. The Hall–Kier alpha value is -2.31. The van der Waals surface area contributed by atoms with E-state index < -0.39 is 0 Å². The van der Waals surface area contributed by atoms with Gasteiger partial charge in [-0.3, -0.25) is 9.59 Å². The standard InChI is InChI=1S/C20H22N2O3S/c1-25-12-11-22-14-15(13-19(22)23)20(24)21-17-9-5-6-10-18(17)26-16-7-3-2-4-8-16/h2-10,15H,11-14H2,1H3,(H,21,24). The van der Waals surface area contributed by atoms with Crippen LogP contribution in [0.25, 0.3) is 0 Å². The first-order valence-electron chi connectivity index (χ1n) is 8.57. The van der Waals surface area contributed by atoms with Gasteiger partial charge in [0.1, 0.15) is 0 Å². The lowest BCUT2D eigenvalue weighted by Crippen LogP contribution is -2.30. The quantitative estimate of drug-likeness (QED) is 0.813. The third-order valence-corrected chi connectivity index (χ3v) is 5.35. The van der Waals surface area contributed by atoms with Gasteiger partial charge in [0, 0.05) is 36.4 Å². The minimum Gasteiger partial charge on any atom is -0.383 e. The third kappa shape index (κ3) is 4.65. The van der Waals surface area contributed by atoms with Gasteiger partial charge in [-0.1, -0.05) is 42.1 Å². The number of para-hydroxylation sites is 1. The molecule has 26 heavy (non-hydrogen) atoms. The second kappa shape index (κ2) is 8.87. The van der Waals surface area contributed by atoms with Gasteiger partial charge in [0.15, 0.2) is 0 Å². The first-order valence-corrected chi connectivity index (χ1v) is 9.38. The van der Waals surface area contributed by atoms with Crippen LogP contribution in [0.4, 0.5) is 5.69 Å². The molecule has 2 aromatic rings. The summed E-state index contributed by atoms with van der Waals surface area (Å²) < 4.78 is 5.02. The van der Waals surface area contributed by atoms with Crippen molar-refractivity contribution in [1.82, 2.24) is 4.90 Å². The number of benzene rings is 2. The molecule has 0 aliphatic carbocycles. The molecule has 1 aliphatic heterocycles. The molecular formula is C20H22N2O3S. The van der Waals surface area contributed by atoms with Crippen LogP contribution < -0.4 is 5.32 Å². The Labute approximate surface area is 157 Å². The molecule has 0 spiro atoms. The number of nitrogens with zero attached hydrogens (tertiary/aromatic N) is 1. The summed E-state index contributed by atoms with van der Waals surface area (Å²) in [5.74, 6) is -0.428. The topological polar surface area (TPSA) is 58.6 Å². The van der Waals surface area contributed by atoms with Gasteiger partial charge in [0.2, 0.25) is 11.8 Å². The van der Waals surface area contributed by atoms with E-state index in [1.54, 1.807) is 23.8 Å². The molecule has 3 rings (SSSR count). The molecule has 1 aliphatic rings. The van der Waals surface area contributed by atoms with Crippen molar-refractivity contribution in [1.29, 1.82) is 0 Å². The van der Waals surface area contributed by atoms with Crippen LogP contribution in [-0.4, -0.2) is 43.5 Å². The van der Waals surface area contributed by atoms with Crippen molar-refractivity contribution in [3.63, 3.8) is 0 Å². The van der Waals surface area contributed by atoms with Crippen LogP contribution in [0, 0.1) is 5.92 Å². The predicted octanol–water partition coefficient (Wildman–Crippen LogP) is 3.27. The molecule has 2 amide bonds. The largest absolute Gasteiger partial charge is 0.383 e. The zero-order valence-electron chi connectivity index (χ0n) is 14.7. The van der Waals surface area contributed by atoms with Crippen LogP contribution in [0.5, 0.6) is 0 Å². The lowest BCUT2D eigenvalue weighted by atomic mass is 10.1. The Kier molecular flexibility index (Phi) is 6.30. The Morgan fingerprint density at radius 2 is 1.92 bits per heavy atom. The lowest BCUT2D eigenvalue weighted by Gasteiger charge is -2.16. The fourth-order valence-corrected chi connectivity index (χ4v) is 3.80. The molecule has 0 radical (unpaired) electrons. The van der Waals surface area contributed by atoms with Crippen molar-refractivity contribution in [2.45, 2.75) is 16.2 Å². The van der Waals surface area contributed by atoms with Crippen molar-refractivity contribution in [3.05, 3.63) is 54.6 Å². The summed E-state index contributed by atoms with van der Waals surface area (Å²) in [7, 11) is 1.60. The number of rotatable bonds is 7. The predicted molar refractivity (Wildman–Crippen MR) is 102 cm³/mol. The minimum absolute atomic E-state index is 0.00847. The average molecular weight is 370 g/mol. The first kappa shape index (κ1) is 18.5. The highest BCUT2D eigenvalue weighted by Gasteiger charge is 2.34. The number of hydrogen-bond donors (Lipinski definition) is 1. The number of methoxy groups -OCH3 is 1. The highest BCUT2D eigenvalue weighted by molar-refractivity contribution is 7.99. The van der Waals surface area contributed by atoms with Crippen LogP contribution in [-0.2, 0) is 14.3 Å². The summed E-state index contributed by atoms with van der Waals surface area (Å²) in [6.45, 7) is 1.46. The maximum absolute atomic E-state index is 12.7. The highest BCUT2D eigenvalue weighted by Crippen LogP contribution is 2.33. The van der Waals surface area contributed by atoms with E-state index in [0.29, 0.717) is 19.7 Å². The van der Waals surface area contributed by atoms with E-state index in [9.17, 15) is 9.59 Å². The first-order chi connectivity index (χ1) is 12.7. The molecular weight excluding hydrogens is 348 g/mol. The Balaban J connectivity index is 1.66. The molecule has 0 saturated carbocycles. The van der Waals surface area contributed by atoms with Crippen molar-refractivity contribution in [2.24, 2.45) is 5.92 Å². The molecule has 0 bridgehead atoms. The summed E-state index contributed by atoms with van der Waals surface area (Å²) in [4.78, 5) is 28.5. The molecule has 5 nitrogen and oxygen atoms in total. The van der Waals surface area contributed by atoms with Gasteiger partial charge < -0.3 is 15.0 Å². The molecule has 136 valence electrons. The molecule has 1 unspecified atom stereocenters. The molecule has 0 aromatic heterocycles. The molecule has 1 fully saturated rings. The van der Waals surface area contributed by atoms with Crippen LogP contribution in [0.2, 0.25) is 0 Å². The Bertz CT molecular complexity index is 767. The zero-order chi connectivity index (χ0) is 18.4. The SMILES string of the molecule is COCCN1CC(C(=O)Nc2ccccc2Sc2ccccc2)CC1=O. The third-order valence-electron chi connectivity index (χ3n) is 4.27. The number of nitrogens with one attached hydrogen (secondary N) is 1. The van der Waals surface area contributed by atoms with E-state index in [1.807, 2.05) is 54.6 Å². The van der Waals surface area contributed by atoms with Crippen molar-refractivity contribution in [3.8, 4) is 0 Å². The number of hydrogen-bond acceptors (Lipinski definition) is 4. The smallest absolute Gasteiger partial charge is 0.229 e. The summed E-state index contributed by atoms with van der Waals surface area (Å²) in [5, 5.41) is 3.00. The molecule has 1 atom stereocenters. The average Bonchev–Trinajstić information content (AvgIpc) is 3.03. The fraction of sp³-hybridized carbons (Fsp3) is 0.300. The van der Waals surface area contributed by atoms with Gasteiger partial charge in [-0.15, -0.1) is 0 Å². The molecule has 6 heteroatoms. The normalized spacial score (nSPS) is 16.7. The van der Waals surface area contributed by atoms with Crippen molar-refractivity contribution >= 4 is 29.3 Å². The Morgan fingerprint density at radius 3 is 2.69 bits per heavy atom. The number of anilines is 1. The Morgan fingerprint density at radius 1 is 1.19 bits per heavy atom. The van der Waals surface area contributed by atoms with Gasteiger partial charge >= 0.3 is 0 Å². The number of likely N-dealkylation sites (tertiary alicyclic amines) is 1. The summed E-state index contributed by atoms with van der Waals surface area (Å²) >= 11 is 1.60. The number of carbonyl (C=O) groups excluding carboxylic acids is 2. The van der Waals surface area contributed by atoms with Crippen LogP contribution in [0.1, 0.15) is 6.42 Å². The van der Waals surface area contributed by atoms with Crippen LogP contribution >= 0.6 is 11.8 Å². The lowest BCUT2D eigenvalue weighted by molar-refractivity contribution is -0.128. The second-order valence-corrected chi connectivity index (χ2v) is 7.25. The minimum atomic E-state index is -0.325. The van der Waals surface area contributed by atoms with E-state index in [2.05, 4.69) is 5.32 Å². The number of carbonyl (C=O) groups is 2. The maximum atomic E-state index is 12.7. The van der Waals surface area contributed by atoms with Gasteiger partial charge in [-0.25, -0.2) is 0 Å². The van der Waals surface area contributed by atoms with Gasteiger partial charge in [0.05, 0.1) is 18.2 Å². The molecule has 1 saturated heterocycles. The van der Waals surface area contributed by atoms with Crippen LogP contribution in [0.15, 0.2) is 64.4 Å². The van der Waals surface area contributed by atoms with Gasteiger partial charge in [-0.05, 0) is 24.3 Å². The molecule has 1 N–H and O–H groups in total. The summed E-state index contributed by atoms with van der Waals surface area (Å²) in [5.41, 5.74) is 0.772. The van der Waals surface area contributed by atoms with Crippen LogP contribution in [0.3, 0.4) is 0 Å². The van der Waals surface area contributed by atoms with Crippen molar-refractivity contribution < 1.29 is 14.3 Å². The fourth-order valence-electron chi connectivity index (χ4n) is 2.87.